The molecule has 0 radical (unpaired) electrons. The summed E-state index contributed by atoms with van der Waals surface area (Å²) < 4.78 is 10.4. The number of rotatable bonds is 6. The molecule has 3 N–H and O–H groups in total. The van der Waals surface area contributed by atoms with Gasteiger partial charge in [0.25, 0.3) is 5.91 Å². The highest BCUT2D eigenvalue weighted by Crippen LogP contribution is 2.21. The van der Waals surface area contributed by atoms with Crippen LogP contribution < -0.4 is 20.1 Å². The molecule has 0 fully saturated rings. The van der Waals surface area contributed by atoms with Crippen molar-refractivity contribution in [1.82, 2.24) is 5.32 Å². The maximum Gasteiger partial charge on any atom is 0.337 e. The summed E-state index contributed by atoms with van der Waals surface area (Å²) in [6, 6.07) is 11.0. The molecule has 0 spiro atoms. The molecule has 0 aromatic heterocycles. The number of carbonyl (C=O) groups is 2. The van der Waals surface area contributed by atoms with Crippen LogP contribution in [0.3, 0.4) is 0 Å². The first kappa shape index (κ1) is 19.5. The van der Waals surface area contributed by atoms with Crippen molar-refractivity contribution in [3.63, 3.8) is 0 Å². The molecule has 0 aliphatic rings. The van der Waals surface area contributed by atoms with Crippen LogP contribution in [0.15, 0.2) is 42.5 Å². The third-order valence-corrected chi connectivity index (χ3v) is 3.66. The molecule has 0 bridgehead atoms. The Kier molecular flexibility index (Phi) is 6.76. The van der Waals surface area contributed by atoms with E-state index in [1.165, 1.54) is 18.2 Å². The zero-order chi connectivity index (χ0) is 19.1. The van der Waals surface area contributed by atoms with E-state index in [-0.39, 0.29) is 22.3 Å². The fourth-order valence-corrected chi connectivity index (χ4v) is 2.41. The van der Waals surface area contributed by atoms with Crippen LogP contribution in [0.1, 0.15) is 10.4 Å². The summed E-state index contributed by atoms with van der Waals surface area (Å²) in [6.45, 7) is -0.229. The molecule has 2 rings (SSSR count). The van der Waals surface area contributed by atoms with E-state index in [4.69, 9.17) is 38.4 Å². The SMILES string of the molecule is COc1ccc(OCC(=O)NC(=S)Nc2ccc(C(=O)O)c(Cl)c2)cc1. The number of hydrogen-bond donors (Lipinski definition) is 3. The number of ether oxygens (including phenoxy) is 2. The van der Waals surface area contributed by atoms with Gasteiger partial charge in [0, 0.05) is 5.69 Å². The number of carbonyl (C=O) groups excluding carboxylic acids is 1. The highest BCUT2D eigenvalue weighted by molar-refractivity contribution is 7.80. The van der Waals surface area contributed by atoms with Gasteiger partial charge in [0.1, 0.15) is 11.5 Å². The van der Waals surface area contributed by atoms with Crippen molar-refractivity contribution < 1.29 is 24.2 Å². The molecule has 0 atom stereocenters. The zero-order valence-electron chi connectivity index (χ0n) is 13.6. The van der Waals surface area contributed by atoms with Gasteiger partial charge in [-0.15, -0.1) is 0 Å². The molecule has 2 aromatic carbocycles. The first-order valence-corrected chi connectivity index (χ1v) is 8.08. The van der Waals surface area contributed by atoms with Gasteiger partial charge < -0.3 is 19.9 Å². The van der Waals surface area contributed by atoms with Crippen molar-refractivity contribution in [3.8, 4) is 11.5 Å². The molecule has 9 heteroatoms. The van der Waals surface area contributed by atoms with Crippen molar-refractivity contribution in [3.05, 3.63) is 53.1 Å². The molecular weight excluding hydrogens is 380 g/mol. The third-order valence-electron chi connectivity index (χ3n) is 3.14. The van der Waals surface area contributed by atoms with E-state index >= 15 is 0 Å². The Morgan fingerprint density at radius 1 is 1.15 bits per heavy atom. The Balaban J connectivity index is 1.84. The molecule has 0 heterocycles. The molecular formula is C17H15ClN2O5S. The monoisotopic (exact) mass is 394 g/mol. The number of carboxylic acids is 1. The van der Waals surface area contributed by atoms with Crippen molar-refractivity contribution in [1.29, 1.82) is 0 Å². The Hall–Kier alpha value is -2.84. The van der Waals surface area contributed by atoms with Crippen molar-refractivity contribution in [2.45, 2.75) is 0 Å². The van der Waals surface area contributed by atoms with Crippen LogP contribution in [0.5, 0.6) is 11.5 Å². The topological polar surface area (TPSA) is 96.9 Å². The molecule has 7 nitrogen and oxygen atoms in total. The largest absolute Gasteiger partial charge is 0.497 e. The van der Waals surface area contributed by atoms with Gasteiger partial charge in [-0.2, -0.15) is 0 Å². The second kappa shape index (κ2) is 9.02. The number of benzene rings is 2. The minimum atomic E-state index is -1.13. The summed E-state index contributed by atoms with van der Waals surface area (Å²) in [7, 11) is 1.56. The Morgan fingerprint density at radius 3 is 2.38 bits per heavy atom. The number of nitrogens with one attached hydrogen (secondary N) is 2. The molecule has 0 aliphatic carbocycles. The molecule has 0 saturated heterocycles. The van der Waals surface area contributed by atoms with Gasteiger partial charge in [-0.3, -0.25) is 10.1 Å². The number of anilines is 1. The minimum absolute atomic E-state index is 0.0277. The van der Waals surface area contributed by atoms with Gasteiger partial charge in [0.05, 0.1) is 17.7 Å². The fraction of sp³-hybridized carbons (Fsp3) is 0.118. The predicted octanol–water partition coefficient (Wildman–Crippen LogP) is 2.94. The van der Waals surface area contributed by atoms with Gasteiger partial charge in [-0.1, -0.05) is 11.6 Å². The Bertz CT molecular complexity index is 826. The van der Waals surface area contributed by atoms with E-state index in [2.05, 4.69) is 10.6 Å². The molecule has 0 saturated carbocycles. The van der Waals surface area contributed by atoms with Crippen LogP contribution in [0.4, 0.5) is 5.69 Å². The van der Waals surface area contributed by atoms with Gasteiger partial charge in [0.2, 0.25) is 0 Å². The van der Waals surface area contributed by atoms with E-state index in [0.717, 1.165) is 0 Å². The zero-order valence-corrected chi connectivity index (χ0v) is 15.2. The first-order chi connectivity index (χ1) is 12.4. The number of aromatic carboxylic acids is 1. The van der Waals surface area contributed by atoms with E-state index in [0.29, 0.717) is 17.2 Å². The summed E-state index contributed by atoms with van der Waals surface area (Å²) in [5.41, 5.74) is 0.418. The van der Waals surface area contributed by atoms with Crippen LogP contribution in [-0.4, -0.2) is 35.8 Å². The van der Waals surface area contributed by atoms with Crippen molar-refractivity contribution in [2.75, 3.05) is 19.0 Å². The predicted molar refractivity (Wildman–Crippen MR) is 101 cm³/mol. The summed E-state index contributed by atoms with van der Waals surface area (Å²) >= 11 is 10.9. The molecule has 2 aromatic rings. The number of thiocarbonyl (C=S) groups is 1. The van der Waals surface area contributed by atoms with Crippen LogP contribution in [-0.2, 0) is 4.79 Å². The quantitative estimate of drug-likeness (QED) is 0.648. The van der Waals surface area contributed by atoms with Gasteiger partial charge in [0.15, 0.2) is 11.7 Å². The van der Waals surface area contributed by atoms with Crippen molar-refractivity contribution in [2.24, 2.45) is 0 Å². The van der Waals surface area contributed by atoms with Crippen LogP contribution in [0.2, 0.25) is 5.02 Å². The minimum Gasteiger partial charge on any atom is -0.497 e. The first-order valence-electron chi connectivity index (χ1n) is 7.29. The average Bonchev–Trinajstić information content (AvgIpc) is 2.60. The molecule has 26 heavy (non-hydrogen) atoms. The van der Waals surface area contributed by atoms with E-state index in [9.17, 15) is 9.59 Å². The Morgan fingerprint density at radius 2 is 1.81 bits per heavy atom. The lowest BCUT2D eigenvalue weighted by Crippen LogP contribution is -2.37. The molecule has 0 unspecified atom stereocenters. The maximum atomic E-state index is 11.9. The van der Waals surface area contributed by atoms with Gasteiger partial charge >= 0.3 is 5.97 Å². The second-order valence-corrected chi connectivity index (χ2v) is 5.78. The normalized spacial score (nSPS) is 9.92. The fourth-order valence-electron chi connectivity index (χ4n) is 1.91. The van der Waals surface area contributed by atoms with Crippen LogP contribution >= 0.6 is 23.8 Å². The summed E-state index contributed by atoms with van der Waals surface area (Å²) in [5.74, 6) is -0.393. The lowest BCUT2D eigenvalue weighted by Gasteiger charge is -2.11. The average molecular weight is 395 g/mol. The van der Waals surface area contributed by atoms with Crippen molar-refractivity contribution >= 4 is 46.5 Å². The van der Waals surface area contributed by atoms with E-state index in [1.54, 1.807) is 31.4 Å². The highest BCUT2D eigenvalue weighted by Gasteiger charge is 2.10. The standard InChI is InChI=1S/C17H15ClN2O5S/c1-24-11-3-5-12(6-4-11)25-9-15(21)20-17(26)19-10-2-7-13(16(22)23)14(18)8-10/h2-8H,9H2,1H3,(H,22,23)(H2,19,20,21,26). The molecule has 136 valence electrons. The lowest BCUT2D eigenvalue weighted by atomic mass is 10.2. The highest BCUT2D eigenvalue weighted by atomic mass is 35.5. The third kappa shape index (κ3) is 5.61. The van der Waals surface area contributed by atoms with Crippen LogP contribution in [0, 0.1) is 0 Å². The summed E-state index contributed by atoms with van der Waals surface area (Å²) in [5, 5.41) is 14.2. The summed E-state index contributed by atoms with van der Waals surface area (Å²) in [6.07, 6.45) is 0. The van der Waals surface area contributed by atoms with Gasteiger partial charge in [-0.25, -0.2) is 4.79 Å². The van der Waals surface area contributed by atoms with Gasteiger partial charge in [-0.05, 0) is 54.7 Å². The van der Waals surface area contributed by atoms with E-state index < -0.39 is 11.9 Å². The van der Waals surface area contributed by atoms with E-state index in [1.807, 2.05) is 0 Å². The number of amides is 1. The molecule has 1 amide bonds. The Labute approximate surface area is 159 Å². The number of hydrogen-bond acceptors (Lipinski definition) is 5. The number of carboxylic acid groups (broad SMARTS) is 1. The van der Waals surface area contributed by atoms with Crippen LogP contribution in [0.25, 0.3) is 0 Å². The summed E-state index contributed by atoms with van der Waals surface area (Å²) in [4.78, 5) is 22.8. The number of halogens is 1. The lowest BCUT2D eigenvalue weighted by molar-refractivity contribution is -0.121. The maximum absolute atomic E-state index is 11.9. The molecule has 0 aliphatic heterocycles. The number of methoxy groups -OCH3 is 1. The second-order valence-electron chi connectivity index (χ2n) is 4.97. The smallest absolute Gasteiger partial charge is 0.337 e.